The van der Waals surface area contributed by atoms with Crippen molar-refractivity contribution < 1.29 is 4.74 Å². The third-order valence-electron chi connectivity index (χ3n) is 2.45. The molecule has 0 bridgehead atoms. The summed E-state index contributed by atoms with van der Waals surface area (Å²) in [4.78, 5) is 0. The van der Waals surface area contributed by atoms with Crippen molar-refractivity contribution >= 4 is 21.6 Å². The first-order valence-electron chi connectivity index (χ1n) is 4.87. The minimum atomic E-state index is 0.883. The van der Waals surface area contributed by atoms with E-state index in [-0.39, 0.29) is 0 Å². The number of hydrogen-bond donors (Lipinski definition) is 1. The monoisotopic (exact) mass is 255 g/mol. The Morgan fingerprint density at radius 1 is 1.50 bits per heavy atom. The molecule has 1 aliphatic carbocycles. The number of methoxy groups -OCH3 is 1. The molecule has 0 radical (unpaired) electrons. The third kappa shape index (κ3) is 2.41. The number of benzene rings is 1. The average Bonchev–Trinajstić information content (AvgIpc) is 3.00. The lowest BCUT2D eigenvalue weighted by molar-refractivity contribution is 0.415. The van der Waals surface area contributed by atoms with Crippen LogP contribution in [0.25, 0.3) is 0 Å². The number of nitrogens with one attached hydrogen (secondary N) is 1. The van der Waals surface area contributed by atoms with Gasteiger partial charge in [-0.15, -0.1) is 0 Å². The first-order chi connectivity index (χ1) is 6.79. The smallest absolute Gasteiger partial charge is 0.121 e. The average molecular weight is 256 g/mol. The molecule has 1 aliphatic rings. The largest absolute Gasteiger partial charge is 0.497 e. The van der Waals surface area contributed by atoms with Gasteiger partial charge in [0.05, 0.1) is 12.8 Å². The lowest BCUT2D eigenvalue weighted by Crippen LogP contribution is -2.03. The van der Waals surface area contributed by atoms with Gasteiger partial charge in [-0.25, -0.2) is 0 Å². The predicted molar refractivity (Wildman–Crippen MR) is 61.9 cm³/mol. The molecule has 0 spiro atoms. The fourth-order valence-corrected chi connectivity index (χ4v) is 1.73. The highest BCUT2D eigenvalue weighted by molar-refractivity contribution is 9.10. The van der Waals surface area contributed by atoms with Gasteiger partial charge in [-0.3, -0.25) is 0 Å². The molecule has 1 aromatic carbocycles. The Labute approximate surface area is 92.8 Å². The van der Waals surface area contributed by atoms with Crippen molar-refractivity contribution in [2.24, 2.45) is 5.92 Å². The van der Waals surface area contributed by atoms with Gasteiger partial charge in [0, 0.05) is 17.1 Å². The van der Waals surface area contributed by atoms with Gasteiger partial charge in [0.25, 0.3) is 0 Å². The van der Waals surface area contributed by atoms with Crippen molar-refractivity contribution in [3.05, 3.63) is 22.7 Å². The third-order valence-corrected chi connectivity index (χ3v) is 3.14. The Kier molecular flexibility index (Phi) is 2.96. The molecular weight excluding hydrogens is 242 g/mol. The van der Waals surface area contributed by atoms with E-state index in [9.17, 15) is 0 Å². The van der Waals surface area contributed by atoms with Crippen molar-refractivity contribution in [3.8, 4) is 5.75 Å². The Bertz CT molecular complexity index is 323. The molecule has 0 atom stereocenters. The summed E-state index contributed by atoms with van der Waals surface area (Å²) in [6, 6.07) is 5.98. The molecule has 3 heteroatoms. The molecule has 1 aromatic rings. The van der Waals surface area contributed by atoms with E-state index < -0.39 is 0 Å². The summed E-state index contributed by atoms with van der Waals surface area (Å²) in [5.41, 5.74) is 1.12. The summed E-state index contributed by atoms with van der Waals surface area (Å²) in [5, 5.41) is 3.42. The van der Waals surface area contributed by atoms with Crippen LogP contribution in [0.4, 0.5) is 5.69 Å². The molecule has 2 rings (SSSR count). The molecule has 2 nitrogen and oxygen atoms in total. The maximum atomic E-state index is 5.17. The van der Waals surface area contributed by atoms with Crippen LogP contribution in [0, 0.1) is 5.92 Å². The number of anilines is 1. The van der Waals surface area contributed by atoms with E-state index in [1.54, 1.807) is 7.11 Å². The van der Waals surface area contributed by atoms with Crippen LogP contribution in [-0.2, 0) is 0 Å². The van der Waals surface area contributed by atoms with Crippen LogP contribution >= 0.6 is 15.9 Å². The van der Waals surface area contributed by atoms with Crippen LogP contribution in [0.5, 0.6) is 5.75 Å². The lowest BCUT2D eigenvalue weighted by atomic mass is 10.3. The van der Waals surface area contributed by atoms with Gasteiger partial charge in [0.1, 0.15) is 5.75 Å². The molecule has 76 valence electrons. The van der Waals surface area contributed by atoms with E-state index >= 15 is 0 Å². The van der Waals surface area contributed by atoms with E-state index in [0.29, 0.717) is 0 Å². The van der Waals surface area contributed by atoms with E-state index in [4.69, 9.17) is 4.74 Å². The summed E-state index contributed by atoms with van der Waals surface area (Å²) >= 11 is 3.51. The van der Waals surface area contributed by atoms with Gasteiger partial charge < -0.3 is 10.1 Å². The second-order valence-electron chi connectivity index (χ2n) is 3.67. The normalized spacial score (nSPS) is 15.3. The van der Waals surface area contributed by atoms with Crippen LogP contribution in [-0.4, -0.2) is 13.7 Å². The fourth-order valence-electron chi connectivity index (χ4n) is 1.34. The second kappa shape index (κ2) is 4.22. The second-order valence-corrected chi connectivity index (χ2v) is 4.52. The molecule has 0 aromatic heterocycles. The zero-order valence-electron chi connectivity index (χ0n) is 8.22. The topological polar surface area (TPSA) is 21.3 Å². The number of halogens is 1. The van der Waals surface area contributed by atoms with Crippen molar-refractivity contribution in [1.82, 2.24) is 0 Å². The maximum Gasteiger partial charge on any atom is 0.121 e. The summed E-state index contributed by atoms with van der Waals surface area (Å²) in [7, 11) is 1.69. The molecule has 0 amide bonds. The molecule has 1 saturated carbocycles. The van der Waals surface area contributed by atoms with Crippen molar-refractivity contribution in [2.45, 2.75) is 12.8 Å². The highest BCUT2D eigenvalue weighted by Gasteiger charge is 2.20. The van der Waals surface area contributed by atoms with Crippen molar-refractivity contribution in [1.29, 1.82) is 0 Å². The summed E-state index contributed by atoms with van der Waals surface area (Å²) in [6.45, 7) is 1.08. The Hall–Kier alpha value is -0.700. The minimum Gasteiger partial charge on any atom is -0.497 e. The van der Waals surface area contributed by atoms with Gasteiger partial charge in [-0.1, -0.05) is 0 Å². The highest BCUT2D eigenvalue weighted by Crippen LogP contribution is 2.31. The van der Waals surface area contributed by atoms with Crippen molar-refractivity contribution in [2.75, 3.05) is 19.0 Å². The van der Waals surface area contributed by atoms with Gasteiger partial charge >= 0.3 is 0 Å². The van der Waals surface area contributed by atoms with Gasteiger partial charge in [-0.05, 0) is 46.8 Å². The molecular formula is C11H14BrNO. The molecule has 1 N–H and O–H groups in total. The molecule has 0 heterocycles. The number of rotatable bonds is 4. The first kappa shape index (κ1) is 9.84. The molecule has 0 unspecified atom stereocenters. The number of hydrogen-bond acceptors (Lipinski definition) is 2. The van der Waals surface area contributed by atoms with Crippen molar-refractivity contribution in [3.63, 3.8) is 0 Å². The first-order valence-corrected chi connectivity index (χ1v) is 5.66. The van der Waals surface area contributed by atoms with Crippen LogP contribution in [0.3, 0.4) is 0 Å². The minimum absolute atomic E-state index is 0.883. The summed E-state index contributed by atoms with van der Waals surface area (Å²) in [5.74, 6) is 1.78. The predicted octanol–water partition coefficient (Wildman–Crippen LogP) is 3.28. The van der Waals surface area contributed by atoms with Crippen LogP contribution in [0.2, 0.25) is 0 Å². The van der Waals surface area contributed by atoms with E-state index in [1.165, 1.54) is 12.8 Å². The van der Waals surface area contributed by atoms with Gasteiger partial charge in [-0.2, -0.15) is 0 Å². The van der Waals surface area contributed by atoms with Crippen LogP contribution in [0.15, 0.2) is 22.7 Å². The maximum absolute atomic E-state index is 5.17. The molecule has 1 fully saturated rings. The lowest BCUT2D eigenvalue weighted by Gasteiger charge is -2.09. The van der Waals surface area contributed by atoms with Gasteiger partial charge in [0.2, 0.25) is 0 Å². The van der Waals surface area contributed by atoms with E-state index in [1.807, 2.05) is 18.2 Å². The zero-order valence-corrected chi connectivity index (χ0v) is 9.80. The van der Waals surface area contributed by atoms with Crippen LogP contribution < -0.4 is 10.1 Å². The highest BCUT2D eigenvalue weighted by atomic mass is 79.9. The molecule has 0 saturated heterocycles. The van der Waals surface area contributed by atoms with Gasteiger partial charge in [0.15, 0.2) is 0 Å². The summed E-state index contributed by atoms with van der Waals surface area (Å²) < 4.78 is 6.27. The Morgan fingerprint density at radius 2 is 2.29 bits per heavy atom. The Morgan fingerprint density at radius 3 is 2.93 bits per heavy atom. The van der Waals surface area contributed by atoms with E-state index in [2.05, 4.69) is 21.2 Å². The van der Waals surface area contributed by atoms with E-state index in [0.717, 1.165) is 28.4 Å². The van der Waals surface area contributed by atoms with Crippen LogP contribution in [0.1, 0.15) is 12.8 Å². The molecule has 0 aliphatic heterocycles. The number of ether oxygens (including phenoxy) is 1. The fraction of sp³-hybridized carbons (Fsp3) is 0.455. The standard InChI is InChI=1S/C11H14BrNO/c1-14-9-4-5-10(12)11(6-9)13-7-8-2-3-8/h4-6,8,13H,2-3,7H2,1H3. The molecule has 14 heavy (non-hydrogen) atoms. The quantitative estimate of drug-likeness (QED) is 0.892. The Balaban J connectivity index is 2.04. The zero-order chi connectivity index (χ0) is 9.97. The SMILES string of the molecule is COc1ccc(Br)c(NCC2CC2)c1. The summed E-state index contributed by atoms with van der Waals surface area (Å²) in [6.07, 6.45) is 2.74.